The number of hydrogen-bond acceptors (Lipinski definition) is 4. The predicted molar refractivity (Wildman–Crippen MR) is 175 cm³/mol. The van der Waals surface area contributed by atoms with Crippen LogP contribution in [0.2, 0.25) is 0 Å². The highest BCUT2D eigenvalue weighted by Gasteiger charge is 2.49. The first-order chi connectivity index (χ1) is 21.0. The molecule has 0 aliphatic heterocycles. The van der Waals surface area contributed by atoms with Gasteiger partial charge in [0.25, 0.3) is 10.0 Å². The van der Waals surface area contributed by atoms with Gasteiger partial charge in [-0.3, -0.25) is 0 Å². The Morgan fingerprint density at radius 1 is 0.578 bits per heavy atom. The third-order valence-corrected chi connectivity index (χ3v) is 12.4. The standard InChI is InChI=1S/C18H15S.C16H24F3NO4S2/c1-4-10-16(11-5-1)19(17-12-6-2-7-13-17)18-14-8-3-9-15-18;1-9(2)12-7-13(10(3)4)15(14(8-12)11(5)6)25(21,22)20-26(23,24)16(17,18)19/h1-15H;7-11,20H,1-6H3/q+1;. The molecule has 0 saturated carbocycles. The van der Waals surface area contributed by atoms with Gasteiger partial charge >= 0.3 is 15.5 Å². The maximum Gasteiger partial charge on any atom is 0.512 e. The lowest BCUT2D eigenvalue weighted by Crippen LogP contribution is -2.40. The van der Waals surface area contributed by atoms with Gasteiger partial charge in [-0.25, -0.2) is 16.8 Å². The van der Waals surface area contributed by atoms with Crippen LogP contribution in [0.15, 0.2) is 123 Å². The van der Waals surface area contributed by atoms with Crippen molar-refractivity contribution < 1.29 is 30.0 Å². The number of nitrogens with one attached hydrogen (secondary N) is 1. The lowest BCUT2D eigenvalue weighted by molar-refractivity contribution is -0.0441. The number of rotatable bonds is 9. The second-order valence-corrected chi connectivity index (χ2v) is 16.9. The SMILES string of the molecule is CC(C)c1cc(C(C)C)c(S(=O)(=O)NS(=O)(=O)C(F)(F)F)c(C(C)C)c1.c1ccc([S+](c2ccccc2)c2ccccc2)cc1. The Morgan fingerprint density at radius 2 is 0.911 bits per heavy atom. The quantitative estimate of drug-likeness (QED) is 0.179. The Balaban J connectivity index is 0.000000256. The number of benzene rings is 4. The average molecular weight is 679 g/mol. The van der Waals surface area contributed by atoms with Crippen LogP contribution in [0.4, 0.5) is 13.2 Å². The van der Waals surface area contributed by atoms with Crippen LogP contribution in [0.25, 0.3) is 0 Å². The van der Waals surface area contributed by atoms with E-state index in [9.17, 15) is 30.0 Å². The first-order valence-corrected chi connectivity index (χ1v) is 18.6. The fraction of sp³-hybridized carbons (Fsp3) is 0.294. The monoisotopic (exact) mass is 678 g/mol. The summed E-state index contributed by atoms with van der Waals surface area (Å²) in [6, 6.07) is 35.4. The van der Waals surface area contributed by atoms with Gasteiger partial charge in [-0.05, 0) is 70.8 Å². The molecule has 4 aromatic rings. The topological polar surface area (TPSA) is 80.3 Å². The van der Waals surface area contributed by atoms with Crippen LogP contribution in [0.3, 0.4) is 0 Å². The minimum atomic E-state index is -6.05. The maximum absolute atomic E-state index is 12.7. The lowest BCUT2D eigenvalue weighted by atomic mass is 9.89. The zero-order chi connectivity index (χ0) is 33.6. The molecule has 0 aliphatic carbocycles. The van der Waals surface area contributed by atoms with Gasteiger partial charge in [0.2, 0.25) is 0 Å². The van der Waals surface area contributed by atoms with Crippen LogP contribution < -0.4 is 4.13 Å². The van der Waals surface area contributed by atoms with Gasteiger partial charge in [-0.15, -0.1) is 0 Å². The van der Waals surface area contributed by atoms with Gasteiger partial charge in [0.1, 0.15) is 0 Å². The number of sulfonamides is 2. The smallest absolute Gasteiger partial charge is 0.206 e. The molecule has 0 unspecified atom stereocenters. The Morgan fingerprint density at radius 3 is 1.18 bits per heavy atom. The third kappa shape index (κ3) is 9.22. The van der Waals surface area contributed by atoms with Crippen LogP contribution in [0.1, 0.15) is 76.0 Å². The van der Waals surface area contributed by atoms with Crippen LogP contribution >= 0.6 is 0 Å². The van der Waals surface area contributed by atoms with Crippen molar-refractivity contribution >= 4 is 30.9 Å². The van der Waals surface area contributed by atoms with E-state index in [1.165, 1.54) is 14.7 Å². The Hall–Kier alpha value is -3.12. The second kappa shape index (κ2) is 15.0. The molecule has 242 valence electrons. The summed E-state index contributed by atoms with van der Waals surface area (Å²) < 4.78 is 86.8. The van der Waals surface area contributed by atoms with E-state index in [0.29, 0.717) is 0 Å². The van der Waals surface area contributed by atoms with Gasteiger partial charge in [-0.1, -0.05) is 112 Å². The molecule has 5 nitrogen and oxygen atoms in total. The summed E-state index contributed by atoms with van der Waals surface area (Å²) in [5.41, 5.74) is -4.34. The molecule has 1 N–H and O–H groups in total. The highest BCUT2D eigenvalue weighted by Crippen LogP contribution is 2.36. The number of halogens is 3. The molecule has 0 aliphatic rings. The van der Waals surface area contributed by atoms with Crippen molar-refractivity contribution in [3.8, 4) is 0 Å². The molecule has 0 radical (unpaired) electrons. The molecule has 4 aromatic carbocycles. The summed E-state index contributed by atoms with van der Waals surface area (Å²) in [4.78, 5) is 3.68. The molecule has 4 rings (SSSR count). The van der Waals surface area contributed by atoms with Gasteiger partial charge in [0.15, 0.2) is 14.7 Å². The van der Waals surface area contributed by atoms with Crippen molar-refractivity contribution in [3.05, 3.63) is 120 Å². The van der Waals surface area contributed by atoms with E-state index in [4.69, 9.17) is 0 Å². The van der Waals surface area contributed by atoms with Crippen molar-refractivity contribution in [3.63, 3.8) is 0 Å². The molecule has 0 atom stereocenters. The van der Waals surface area contributed by atoms with Gasteiger partial charge < -0.3 is 0 Å². The molecule has 0 bridgehead atoms. The molecule has 0 aromatic heterocycles. The summed E-state index contributed by atoms with van der Waals surface area (Å²) in [7, 11) is -11.0. The Labute approximate surface area is 268 Å². The van der Waals surface area contributed by atoms with E-state index in [-0.39, 0.29) is 39.8 Å². The molecule has 11 heteroatoms. The third-order valence-electron chi connectivity index (χ3n) is 6.81. The van der Waals surface area contributed by atoms with Gasteiger partial charge in [0, 0.05) is 0 Å². The first-order valence-electron chi connectivity index (χ1n) is 14.4. The summed E-state index contributed by atoms with van der Waals surface area (Å²) >= 11 is 0. The summed E-state index contributed by atoms with van der Waals surface area (Å²) in [5, 5.41) is 0. The zero-order valence-electron chi connectivity index (χ0n) is 26.0. The minimum Gasteiger partial charge on any atom is -0.206 e. The Bertz CT molecular complexity index is 1640. The largest absolute Gasteiger partial charge is 0.512 e. The highest BCUT2D eigenvalue weighted by atomic mass is 32.3. The zero-order valence-corrected chi connectivity index (χ0v) is 28.5. The lowest BCUT2D eigenvalue weighted by Gasteiger charge is -2.23. The molecule has 0 fully saturated rings. The highest BCUT2D eigenvalue weighted by molar-refractivity contribution is 8.05. The van der Waals surface area contributed by atoms with Crippen molar-refractivity contribution in [1.29, 1.82) is 0 Å². The molecular weight excluding hydrogens is 640 g/mol. The minimum absolute atomic E-state index is 0.0146. The fourth-order valence-corrected chi connectivity index (χ4v) is 9.69. The summed E-state index contributed by atoms with van der Waals surface area (Å²) in [6.07, 6.45) is 0. The van der Waals surface area contributed by atoms with E-state index in [1.807, 2.05) is 13.8 Å². The predicted octanol–water partition coefficient (Wildman–Crippen LogP) is 8.97. The normalized spacial score (nSPS) is 12.5. The van der Waals surface area contributed by atoms with Crippen LogP contribution in [0, 0.1) is 0 Å². The van der Waals surface area contributed by atoms with Crippen molar-refractivity contribution in [2.45, 2.75) is 84.4 Å². The average Bonchev–Trinajstić information content (AvgIpc) is 2.97. The van der Waals surface area contributed by atoms with Crippen LogP contribution in [-0.2, 0) is 30.9 Å². The molecule has 0 saturated heterocycles. The second-order valence-electron chi connectivity index (χ2n) is 11.3. The molecular formula is C34H39F3NO4S3+. The Kier molecular flexibility index (Phi) is 12.1. The molecule has 45 heavy (non-hydrogen) atoms. The molecule has 0 amide bonds. The summed E-state index contributed by atoms with van der Waals surface area (Å²) in [6.45, 7) is 10.6. The van der Waals surface area contributed by atoms with Crippen molar-refractivity contribution in [2.75, 3.05) is 0 Å². The summed E-state index contributed by atoms with van der Waals surface area (Å²) in [5.74, 6) is -0.619. The van der Waals surface area contributed by atoms with Gasteiger partial charge in [-0.2, -0.15) is 13.2 Å². The number of alkyl halides is 3. The van der Waals surface area contributed by atoms with Crippen LogP contribution in [-0.4, -0.2) is 22.3 Å². The molecule has 0 spiro atoms. The van der Waals surface area contributed by atoms with E-state index in [0.717, 1.165) is 9.69 Å². The first kappa shape index (κ1) is 36.3. The van der Waals surface area contributed by atoms with E-state index in [1.54, 1.807) is 39.8 Å². The van der Waals surface area contributed by atoms with Crippen molar-refractivity contribution in [2.24, 2.45) is 0 Å². The van der Waals surface area contributed by atoms with Crippen molar-refractivity contribution in [1.82, 2.24) is 4.13 Å². The number of hydrogen-bond donors (Lipinski definition) is 1. The fourth-order valence-electron chi connectivity index (χ4n) is 4.51. The maximum atomic E-state index is 12.7. The molecule has 0 heterocycles. The van der Waals surface area contributed by atoms with Gasteiger partial charge in [0.05, 0.1) is 15.8 Å². The van der Waals surface area contributed by atoms with E-state index < -0.39 is 30.5 Å². The van der Waals surface area contributed by atoms with E-state index in [2.05, 4.69) is 91.0 Å². The van der Waals surface area contributed by atoms with E-state index >= 15 is 0 Å². The van der Waals surface area contributed by atoms with Crippen LogP contribution in [0.5, 0.6) is 0 Å².